The summed E-state index contributed by atoms with van der Waals surface area (Å²) in [6, 6.07) is 0.382. The molecule has 1 aliphatic carbocycles. The first-order chi connectivity index (χ1) is 8.72. The van der Waals surface area contributed by atoms with Gasteiger partial charge in [-0.1, -0.05) is 19.3 Å². The maximum atomic E-state index is 5.96. The first-order valence-electron chi connectivity index (χ1n) is 6.63. The molecule has 1 heterocycles. The predicted octanol–water partition coefficient (Wildman–Crippen LogP) is 2.45. The second-order valence-corrected chi connectivity index (χ2v) is 4.98. The summed E-state index contributed by atoms with van der Waals surface area (Å²) in [5.41, 5.74) is 6.45. The number of aromatic nitrogens is 2. The van der Waals surface area contributed by atoms with E-state index in [1.54, 1.807) is 7.11 Å². The normalized spacial score (nSPS) is 18.3. The Kier molecular flexibility index (Phi) is 4.23. The van der Waals surface area contributed by atoms with Crippen LogP contribution >= 0.6 is 0 Å². The van der Waals surface area contributed by atoms with Gasteiger partial charge in [0.15, 0.2) is 5.82 Å². The molecular formula is C13H22N4O. The standard InChI is InChI=1S/C13H22N4O/c1-9(10-6-4-3-5-7-10)17-12-11(14)13(18-2)16-8-15-12/h8-10H,3-7,14H2,1-2H3,(H,15,16,17). The van der Waals surface area contributed by atoms with E-state index in [0.717, 1.165) is 0 Å². The van der Waals surface area contributed by atoms with Crippen molar-refractivity contribution in [3.63, 3.8) is 0 Å². The number of hydrogen-bond donors (Lipinski definition) is 2. The molecule has 0 spiro atoms. The molecule has 1 atom stereocenters. The molecule has 1 fully saturated rings. The van der Waals surface area contributed by atoms with Gasteiger partial charge in [-0.2, -0.15) is 4.98 Å². The molecular weight excluding hydrogens is 228 g/mol. The van der Waals surface area contributed by atoms with Crippen molar-refractivity contribution in [2.45, 2.75) is 45.1 Å². The van der Waals surface area contributed by atoms with Gasteiger partial charge in [-0.05, 0) is 25.7 Å². The minimum atomic E-state index is 0.382. The Bertz CT molecular complexity index is 391. The summed E-state index contributed by atoms with van der Waals surface area (Å²) in [4.78, 5) is 8.17. The number of nitrogen functional groups attached to an aromatic ring is 1. The molecule has 0 aliphatic heterocycles. The van der Waals surface area contributed by atoms with Crippen LogP contribution in [0.4, 0.5) is 11.5 Å². The van der Waals surface area contributed by atoms with Crippen molar-refractivity contribution in [1.82, 2.24) is 9.97 Å². The smallest absolute Gasteiger partial charge is 0.242 e. The van der Waals surface area contributed by atoms with Gasteiger partial charge in [0.1, 0.15) is 12.0 Å². The first kappa shape index (κ1) is 12.9. The van der Waals surface area contributed by atoms with Crippen LogP contribution in [0.15, 0.2) is 6.33 Å². The minimum Gasteiger partial charge on any atom is -0.479 e. The molecule has 1 unspecified atom stereocenters. The third-order valence-electron chi connectivity index (χ3n) is 3.76. The molecule has 0 aromatic carbocycles. The van der Waals surface area contributed by atoms with E-state index in [4.69, 9.17) is 10.5 Å². The lowest BCUT2D eigenvalue weighted by Crippen LogP contribution is -2.28. The highest BCUT2D eigenvalue weighted by Gasteiger charge is 2.21. The summed E-state index contributed by atoms with van der Waals surface area (Å²) in [5, 5.41) is 3.40. The molecule has 3 N–H and O–H groups in total. The average Bonchev–Trinajstić information content (AvgIpc) is 2.42. The highest BCUT2D eigenvalue weighted by atomic mass is 16.5. The van der Waals surface area contributed by atoms with Crippen LogP contribution in [0.2, 0.25) is 0 Å². The van der Waals surface area contributed by atoms with Crippen LogP contribution < -0.4 is 15.8 Å². The Morgan fingerprint density at radius 1 is 1.33 bits per heavy atom. The molecule has 2 rings (SSSR count). The van der Waals surface area contributed by atoms with Gasteiger partial charge in [-0.15, -0.1) is 0 Å². The third-order valence-corrected chi connectivity index (χ3v) is 3.76. The Balaban J connectivity index is 2.04. The number of nitrogens with one attached hydrogen (secondary N) is 1. The maximum Gasteiger partial charge on any atom is 0.242 e. The number of hydrogen-bond acceptors (Lipinski definition) is 5. The topological polar surface area (TPSA) is 73.1 Å². The molecule has 0 saturated heterocycles. The highest BCUT2D eigenvalue weighted by molar-refractivity contribution is 5.66. The van der Waals surface area contributed by atoms with Crippen LogP contribution in [-0.2, 0) is 0 Å². The lowest BCUT2D eigenvalue weighted by molar-refractivity contribution is 0.328. The van der Waals surface area contributed by atoms with Gasteiger partial charge in [0.25, 0.3) is 0 Å². The summed E-state index contributed by atoms with van der Waals surface area (Å²) in [5.74, 6) is 1.82. The second-order valence-electron chi connectivity index (χ2n) is 4.98. The van der Waals surface area contributed by atoms with E-state index in [1.165, 1.54) is 38.4 Å². The van der Waals surface area contributed by atoms with Crippen molar-refractivity contribution in [3.8, 4) is 5.88 Å². The lowest BCUT2D eigenvalue weighted by Gasteiger charge is -2.28. The number of rotatable bonds is 4. The van der Waals surface area contributed by atoms with E-state index in [9.17, 15) is 0 Å². The van der Waals surface area contributed by atoms with Crippen molar-refractivity contribution in [2.24, 2.45) is 5.92 Å². The Hall–Kier alpha value is -1.52. The van der Waals surface area contributed by atoms with E-state index < -0.39 is 0 Å². The minimum absolute atomic E-state index is 0.382. The van der Waals surface area contributed by atoms with Crippen molar-refractivity contribution < 1.29 is 4.74 Å². The maximum absolute atomic E-state index is 5.96. The third kappa shape index (κ3) is 2.83. The van der Waals surface area contributed by atoms with E-state index in [-0.39, 0.29) is 0 Å². The Morgan fingerprint density at radius 2 is 2.06 bits per heavy atom. The molecule has 18 heavy (non-hydrogen) atoms. The van der Waals surface area contributed by atoms with Crippen molar-refractivity contribution >= 4 is 11.5 Å². The van der Waals surface area contributed by atoms with Crippen LogP contribution in [0.3, 0.4) is 0 Å². The van der Waals surface area contributed by atoms with Crippen molar-refractivity contribution in [3.05, 3.63) is 6.33 Å². The van der Waals surface area contributed by atoms with Gasteiger partial charge in [0.2, 0.25) is 5.88 Å². The van der Waals surface area contributed by atoms with Crippen molar-refractivity contribution in [1.29, 1.82) is 0 Å². The number of nitrogens with two attached hydrogens (primary N) is 1. The van der Waals surface area contributed by atoms with Gasteiger partial charge < -0.3 is 15.8 Å². The number of methoxy groups -OCH3 is 1. The molecule has 5 heteroatoms. The second kappa shape index (κ2) is 5.89. The number of anilines is 2. The quantitative estimate of drug-likeness (QED) is 0.858. The van der Waals surface area contributed by atoms with Gasteiger partial charge in [0.05, 0.1) is 7.11 Å². The lowest BCUT2D eigenvalue weighted by atomic mass is 9.84. The highest BCUT2D eigenvalue weighted by Crippen LogP contribution is 2.30. The molecule has 5 nitrogen and oxygen atoms in total. The van der Waals surface area contributed by atoms with Crippen LogP contribution in [0, 0.1) is 5.92 Å². The molecule has 1 aromatic rings. The molecule has 0 radical (unpaired) electrons. The summed E-state index contributed by atoms with van der Waals surface area (Å²) in [6.45, 7) is 2.20. The van der Waals surface area contributed by atoms with Crippen molar-refractivity contribution in [2.75, 3.05) is 18.2 Å². The van der Waals surface area contributed by atoms with Gasteiger partial charge >= 0.3 is 0 Å². The van der Waals surface area contributed by atoms with E-state index in [0.29, 0.717) is 29.3 Å². The molecule has 1 saturated carbocycles. The van der Waals surface area contributed by atoms with E-state index in [2.05, 4.69) is 22.2 Å². The zero-order chi connectivity index (χ0) is 13.0. The SMILES string of the molecule is COc1ncnc(NC(C)C2CCCCC2)c1N. The number of nitrogens with zero attached hydrogens (tertiary/aromatic N) is 2. The first-order valence-corrected chi connectivity index (χ1v) is 6.63. The molecule has 100 valence electrons. The fourth-order valence-corrected chi connectivity index (χ4v) is 2.62. The molecule has 1 aromatic heterocycles. The average molecular weight is 250 g/mol. The summed E-state index contributed by atoms with van der Waals surface area (Å²) >= 11 is 0. The summed E-state index contributed by atoms with van der Waals surface area (Å²) in [7, 11) is 1.56. The fraction of sp³-hybridized carbons (Fsp3) is 0.692. The predicted molar refractivity (Wildman–Crippen MR) is 72.7 cm³/mol. The van der Waals surface area contributed by atoms with E-state index >= 15 is 0 Å². The monoisotopic (exact) mass is 250 g/mol. The van der Waals surface area contributed by atoms with E-state index in [1.807, 2.05) is 0 Å². The zero-order valence-electron chi connectivity index (χ0n) is 11.1. The van der Waals surface area contributed by atoms with Crippen LogP contribution in [0.1, 0.15) is 39.0 Å². The van der Waals surface area contributed by atoms with Crippen LogP contribution in [-0.4, -0.2) is 23.1 Å². The molecule has 0 bridgehead atoms. The Morgan fingerprint density at radius 3 is 2.72 bits per heavy atom. The molecule has 0 amide bonds. The number of ether oxygens (including phenoxy) is 1. The zero-order valence-corrected chi connectivity index (χ0v) is 11.1. The van der Waals surface area contributed by atoms with Gasteiger partial charge in [0, 0.05) is 6.04 Å². The van der Waals surface area contributed by atoms with Gasteiger partial charge in [-0.25, -0.2) is 4.98 Å². The summed E-state index contributed by atoms with van der Waals surface area (Å²) < 4.78 is 5.10. The summed E-state index contributed by atoms with van der Waals surface area (Å²) in [6.07, 6.45) is 8.09. The largest absolute Gasteiger partial charge is 0.479 e. The fourth-order valence-electron chi connectivity index (χ4n) is 2.62. The van der Waals surface area contributed by atoms with Crippen LogP contribution in [0.25, 0.3) is 0 Å². The van der Waals surface area contributed by atoms with Gasteiger partial charge in [-0.3, -0.25) is 0 Å². The molecule has 1 aliphatic rings. The van der Waals surface area contributed by atoms with Crippen LogP contribution in [0.5, 0.6) is 5.88 Å². The Labute approximate surface area is 108 Å².